The third kappa shape index (κ3) is 3.82. The van der Waals surface area contributed by atoms with Crippen molar-refractivity contribution < 1.29 is 9.53 Å². The van der Waals surface area contributed by atoms with E-state index in [1.165, 1.54) is 23.4 Å². The molecule has 0 bridgehead atoms. The molecule has 9 heteroatoms. The topological polar surface area (TPSA) is 96.1 Å². The molecule has 0 saturated carbocycles. The third-order valence-corrected chi connectivity index (χ3v) is 5.29. The number of aromatic nitrogens is 4. The zero-order valence-electron chi connectivity index (χ0n) is 15.7. The van der Waals surface area contributed by atoms with Crippen LogP contribution < -0.4 is 11.2 Å². The average Bonchev–Trinajstić information content (AvgIpc) is 2.62. The maximum atomic E-state index is 12.7. The van der Waals surface area contributed by atoms with E-state index in [1.807, 2.05) is 13.8 Å². The van der Waals surface area contributed by atoms with Crippen LogP contribution in [0.15, 0.2) is 14.6 Å². The van der Waals surface area contributed by atoms with E-state index in [0.29, 0.717) is 23.7 Å². The van der Waals surface area contributed by atoms with Crippen molar-refractivity contribution >= 4 is 28.8 Å². The maximum absolute atomic E-state index is 12.7. The minimum absolute atomic E-state index is 0.252. The number of nitrogens with zero attached hydrogens (tertiary/aromatic N) is 4. The molecule has 0 aromatic carbocycles. The number of esters is 1. The van der Waals surface area contributed by atoms with E-state index in [0.717, 1.165) is 11.0 Å². The van der Waals surface area contributed by atoms with Gasteiger partial charge in [-0.05, 0) is 19.8 Å². The van der Waals surface area contributed by atoms with Gasteiger partial charge in [-0.2, -0.15) is 0 Å². The zero-order chi connectivity index (χ0) is 19.4. The molecule has 0 radical (unpaired) electrons. The van der Waals surface area contributed by atoms with Crippen molar-refractivity contribution in [3.8, 4) is 0 Å². The van der Waals surface area contributed by atoms with Crippen LogP contribution in [0.2, 0.25) is 0 Å². The molecular formula is C17H24N4O4S. The molecule has 8 nitrogen and oxygen atoms in total. The summed E-state index contributed by atoms with van der Waals surface area (Å²) in [5.74, 6) is 0.204. The molecule has 0 aliphatic rings. The minimum Gasteiger partial charge on any atom is -0.465 e. The molecule has 0 saturated heterocycles. The SMILES string of the molecule is CCCc1nc(S[C@H](CC)C(=O)OCC)c2c(=O)n(C)c(=O)n(C)c2n1. The molecule has 1 atom stereocenters. The summed E-state index contributed by atoms with van der Waals surface area (Å²) in [6, 6.07) is 0. The number of hydrogen-bond acceptors (Lipinski definition) is 7. The van der Waals surface area contributed by atoms with E-state index in [2.05, 4.69) is 9.97 Å². The van der Waals surface area contributed by atoms with E-state index in [9.17, 15) is 14.4 Å². The molecule has 0 aliphatic carbocycles. The highest BCUT2D eigenvalue weighted by atomic mass is 32.2. The molecule has 0 spiro atoms. The number of fused-ring (bicyclic) bond motifs is 1. The summed E-state index contributed by atoms with van der Waals surface area (Å²) in [5, 5.41) is 0.182. The van der Waals surface area contributed by atoms with Crippen molar-refractivity contribution in [3.05, 3.63) is 26.7 Å². The number of ether oxygens (including phenoxy) is 1. The van der Waals surface area contributed by atoms with Gasteiger partial charge in [0.1, 0.15) is 21.5 Å². The Labute approximate surface area is 155 Å². The van der Waals surface area contributed by atoms with Crippen molar-refractivity contribution in [2.24, 2.45) is 14.1 Å². The predicted molar refractivity (Wildman–Crippen MR) is 101 cm³/mol. The Balaban J connectivity index is 2.72. The largest absolute Gasteiger partial charge is 0.465 e. The summed E-state index contributed by atoms with van der Waals surface area (Å²) in [7, 11) is 2.99. The predicted octanol–water partition coefficient (Wildman–Crippen LogP) is 1.41. The molecule has 2 heterocycles. The van der Waals surface area contributed by atoms with Gasteiger partial charge in [-0.25, -0.2) is 14.8 Å². The third-order valence-electron chi connectivity index (χ3n) is 3.96. The molecule has 0 N–H and O–H groups in total. The van der Waals surface area contributed by atoms with Crippen molar-refractivity contribution in [1.82, 2.24) is 19.1 Å². The average molecular weight is 380 g/mol. The molecule has 0 fully saturated rings. The van der Waals surface area contributed by atoms with Crippen LogP contribution in [0.3, 0.4) is 0 Å². The van der Waals surface area contributed by atoms with Gasteiger partial charge in [-0.15, -0.1) is 0 Å². The molecule has 2 aromatic heterocycles. The lowest BCUT2D eigenvalue weighted by molar-refractivity contribution is -0.142. The lowest BCUT2D eigenvalue weighted by Crippen LogP contribution is -2.38. The first kappa shape index (κ1) is 20.2. The lowest BCUT2D eigenvalue weighted by Gasteiger charge is -2.15. The van der Waals surface area contributed by atoms with E-state index in [4.69, 9.17) is 4.74 Å². The zero-order valence-corrected chi connectivity index (χ0v) is 16.6. The van der Waals surface area contributed by atoms with Crippen LogP contribution in [0, 0.1) is 0 Å². The van der Waals surface area contributed by atoms with Gasteiger partial charge in [0.15, 0.2) is 5.65 Å². The Morgan fingerprint density at radius 1 is 1.15 bits per heavy atom. The van der Waals surface area contributed by atoms with Crippen LogP contribution >= 0.6 is 11.8 Å². The Hall–Kier alpha value is -2.16. The van der Waals surface area contributed by atoms with Crippen LogP contribution in [0.4, 0.5) is 0 Å². The smallest absolute Gasteiger partial charge is 0.332 e. The van der Waals surface area contributed by atoms with E-state index >= 15 is 0 Å². The molecule has 2 aromatic rings. The van der Waals surface area contributed by atoms with Crippen molar-refractivity contribution in [1.29, 1.82) is 0 Å². The van der Waals surface area contributed by atoms with E-state index < -0.39 is 16.5 Å². The van der Waals surface area contributed by atoms with Gasteiger partial charge >= 0.3 is 11.7 Å². The number of hydrogen-bond donors (Lipinski definition) is 0. The summed E-state index contributed by atoms with van der Waals surface area (Å²) in [5.41, 5.74) is -0.623. The van der Waals surface area contributed by atoms with Crippen molar-refractivity contribution in [2.45, 2.75) is 50.3 Å². The molecule has 0 amide bonds. The number of carbonyl (C=O) groups is 1. The van der Waals surface area contributed by atoms with E-state index in [1.54, 1.807) is 14.0 Å². The molecular weight excluding hydrogens is 356 g/mol. The fourth-order valence-corrected chi connectivity index (χ4v) is 3.62. The Morgan fingerprint density at radius 2 is 1.85 bits per heavy atom. The number of thioether (sulfide) groups is 1. The second kappa shape index (κ2) is 8.48. The summed E-state index contributed by atoms with van der Waals surface area (Å²) in [6.45, 7) is 5.91. The first-order chi connectivity index (χ1) is 12.3. The monoisotopic (exact) mass is 380 g/mol. The number of carbonyl (C=O) groups excluding carboxylic acids is 1. The molecule has 142 valence electrons. The van der Waals surface area contributed by atoms with Crippen LogP contribution in [-0.2, 0) is 30.0 Å². The van der Waals surface area contributed by atoms with Crippen molar-refractivity contribution in [2.75, 3.05) is 6.61 Å². The highest BCUT2D eigenvalue weighted by Gasteiger charge is 2.24. The van der Waals surface area contributed by atoms with Gasteiger partial charge in [0.2, 0.25) is 0 Å². The summed E-state index contributed by atoms with van der Waals surface area (Å²) < 4.78 is 7.48. The second-order valence-corrected chi connectivity index (χ2v) is 7.06. The fourth-order valence-electron chi connectivity index (χ4n) is 2.56. The van der Waals surface area contributed by atoms with Crippen LogP contribution in [0.25, 0.3) is 11.0 Å². The van der Waals surface area contributed by atoms with Crippen LogP contribution in [0.5, 0.6) is 0 Å². The van der Waals surface area contributed by atoms with E-state index in [-0.39, 0.29) is 23.6 Å². The molecule has 2 rings (SSSR count). The Bertz CT molecular complexity index is 935. The summed E-state index contributed by atoms with van der Waals surface area (Å²) in [4.78, 5) is 46.0. The maximum Gasteiger partial charge on any atom is 0.332 e. The Morgan fingerprint density at radius 3 is 2.42 bits per heavy atom. The normalized spacial score (nSPS) is 12.3. The molecule has 26 heavy (non-hydrogen) atoms. The highest BCUT2D eigenvalue weighted by molar-refractivity contribution is 8.00. The van der Waals surface area contributed by atoms with Gasteiger partial charge < -0.3 is 4.74 Å². The number of rotatable bonds is 7. The molecule has 0 aliphatic heterocycles. The molecule has 0 unspecified atom stereocenters. The van der Waals surface area contributed by atoms with Gasteiger partial charge in [-0.1, -0.05) is 25.6 Å². The first-order valence-electron chi connectivity index (χ1n) is 8.65. The van der Waals surface area contributed by atoms with Gasteiger partial charge in [0.05, 0.1) is 6.61 Å². The highest BCUT2D eigenvalue weighted by Crippen LogP contribution is 2.29. The standard InChI is InChI=1S/C17H24N4O4S/c1-6-9-11-18-13-12(15(22)21(5)17(24)20(13)4)14(19-11)26-10(7-2)16(23)25-8-3/h10H,6-9H2,1-5H3/t10-/m1/s1. The van der Waals surface area contributed by atoms with Gasteiger partial charge in [0, 0.05) is 20.5 Å². The minimum atomic E-state index is -0.482. The number of aryl methyl sites for hydroxylation is 2. The van der Waals surface area contributed by atoms with Crippen molar-refractivity contribution in [3.63, 3.8) is 0 Å². The second-order valence-electron chi connectivity index (χ2n) is 5.87. The Kier molecular flexibility index (Phi) is 6.57. The quantitative estimate of drug-likeness (QED) is 0.407. The van der Waals surface area contributed by atoms with Crippen LogP contribution in [-0.4, -0.2) is 36.9 Å². The summed E-state index contributed by atoms with van der Waals surface area (Å²) in [6.07, 6.45) is 1.97. The lowest BCUT2D eigenvalue weighted by atomic mass is 10.3. The van der Waals surface area contributed by atoms with Gasteiger partial charge in [0.25, 0.3) is 5.56 Å². The fraction of sp³-hybridized carbons (Fsp3) is 0.588. The van der Waals surface area contributed by atoms with Gasteiger partial charge in [-0.3, -0.25) is 18.7 Å². The van der Waals surface area contributed by atoms with Crippen LogP contribution in [0.1, 0.15) is 39.4 Å². The first-order valence-corrected chi connectivity index (χ1v) is 9.53. The summed E-state index contributed by atoms with van der Waals surface area (Å²) >= 11 is 1.19.